The largest absolute Gasteiger partial charge is 0.507 e. The number of rotatable bonds is 4. The molecule has 0 fully saturated rings. The molecule has 2 N–H and O–H groups in total. The molecule has 3 aromatic carbocycles. The maximum absolute atomic E-state index is 13.1. The zero-order chi connectivity index (χ0) is 21.4. The maximum Gasteiger partial charge on any atom is 0.269 e. The Kier molecular flexibility index (Phi) is 4.63. The smallest absolute Gasteiger partial charge is 0.269 e. The van der Waals surface area contributed by atoms with Gasteiger partial charge in [-0.1, -0.05) is 30.3 Å². The van der Waals surface area contributed by atoms with E-state index >= 15 is 0 Å². The van der Waals surface area contributed by atoms with E-state index in [2.05, 4.69) is 0 Å². The average Bonchev–Trinajstić information content (AvgIpc) is 2.72. The van der Waals surface area contributed by atoms with Gasteiger partial charge in [0.05, 0.1) is 22.0 Å². The molecule has 1 aliphatic rings. The number of ketones is 2. The first kappa shape index (κ1) is 19.1. The minimum Gasteiger partial charge on any atom is -0.507 e. The number of benzene rings is 3. The molecule has 7 heteroatoms. The molecule has 0 radical (unpaired) electrons. The number of hydrogen-bond donors (Lipinski definition) is 2. The topological polar surface area (TPSA) is 118 Å². The van der Waals surface area contributed by atoms with Gasteiger partial charge in [-0.05, 0) is 47.0 Å². The van der Waals surface area contributed by atoms with Gasteiger partial charge in [0, 0.05) is 12.1 Å². The van der Waals surface area contributed by atoms with Gasteiger partial charge in [0.15, 0.2) is 5.78 Å². The van der Waals surface area contributed by atoms with Crippen LogP contribution in [0.15, 0.2) is 66.7 Å². The summed E-state index contributed by atoms with van der Waals surface area (Å²) in [7, 11) is 0. The third kappa shape index (κ3) is 3.12. The van der Waals surface area contributed by atoms with Gasteiger partial charge in [0.2, 0.25) is 5.78 Å². The normalized spacial score (nSPS) is 13.1. The van der Waals surface area contributed by atoms with E-state index in [1.165, 1.54) is 48.6 Å². The van der Waals surface area contributed by atoms with Crippen molar-refractivity contribution in [3.63, 3.8) is 0 Å². The standard InChI is InChI=1S/C23H15NO6/c25-17-5-1-3-15-20(16-4-2-6-18(26)22(16)23(28)21(15)17)19(27)12-9-13-7-10-14(11-8-13)24(29)30/h1-12,20,25-26H/b12-9+. The molecule has 0 atom stereocenters. The molecule has 1 aliphatic carbocycles. The zero-order valence-corrected chi connectivity index (χ0v) is 15.5. The van der Waals surface area contributed by atoms with Crippen LogP contribution in [0.1, 0.15) is 38.5 Å². The van der Waals surface area contributed by atoms with Gasteiger partial charge in [0.25, 0.3) is 5.69 Å². The lowest BCUT2D eigenvalue weighted by atomic mass is 9.74. The number of aromatic hydroxyl groups is 2. The summed E-state index contributed by atoms with van der Waals surface area (Å²) in [4.78, 5) is 36.3. The van der Waals surface area contributed by atoms with Gasteiger partial charge in [-0.15, -0.1) is 0 Å². The van der Waals surface area contributed by atoms with Gasteiger partial charge in [0.1, 0.15) is 11.5 Å². The Bertz CT molecular complexity index is 1170. The highest BCUT2D eigenvalue weighted by Crippen LogP contribution is 2.43. The number of nitro benzene ring substituents is 1. The monoisotopic (exact) mass is 401 g/mol. The minimum atomic E-state index is -0.888. The van der Waals surface area contributed by atoms with E-state index in [1.807, 2.05) is 0 Å². The number of hydrogen-bond acceptors (Lipinski definition) is 6. The summed E-state index contributed by atoms with van der Waals surface area (Å²) < 4.78 is 0. The quantitative estimate of drug-likeness (QED) is 0.388. The lowest BCUT2D eigenvalue weighted by molar-refractivity contribution is -0.384. The first-order chi connectivity index (χ1) is 14.4. The Hall–Kier alpha value is -4.26. The Morgan fingerprint density at radius 2 is 1.43 bits per heavy atom. The third-order valence-corrected chi connectivity index (χ3v) is 5.05. The van der Waals surface area contributed by atoms with Crippen molar-refractivity contribution in [2.45, 2.75) is 5.92 Å². The van der Waals surface area contributed by atoms with Crippen LogP contribution in [0.3, 0.4) is 0 Å². The number of fused-ring (bicyclic) bond motifs is 2. The Labute approximate surface area is 170 Å². The van der Waals surface area contributed by atoms with Crippen molar-refractivity contribution >= 4 is 23.3 Å². The maximum atomic E-state index is 13.1. The Balaban J connectivity index is 1.77. The molecule has 3 aromatic rings. The van der Waals surface area contributed by atoms with Crippen molar-refractivity contribution in [3.8, 4) is 11.5 Å². The number of phenolic OH excluding ortho intramolecular Hbond substituents is 2. The van der Waals surface area contributed by atoms with Crippen LogP contribution in [-0.2, 0) is 4.79 Å². The second kappa shape index (κ2) is 7.29. The van der Waals surface area contributed by atoms with E-state index in [0.29, 0.717) is 16.7 Å². The van der Waals surface area contributed by atoms with Crippen LogP contribution in [0, 0.1) is 10.1 Å². The molecule has 0 spiro atoms. The number of nitrogens with zero attached hydrogens (tertiary/aromatic N) is 1. The molecule has 0 aromatic heterocycles. The number of nitro groups is 1. The summed E-state index contributed by atoms with van der Waals surface area (Å²) in [5, 5.41) is 31.2. The minimum absolute atomic E-state index is 0.00594. The van der Waals surface area contributed by atoms with E-state index in [1.54, 1.807) is 24.3 Å². The highest BCUT2D eigenvalue weighted by atomic mass is 16.6. The molecule has 148 valence electrons. The molecule has 30 heavy (non-hydrogen) atoms. The third-order valence-electron chi connectivity index (χ3n) is 5.05. The second-order valence-corrected chi connectivity index (χ2v) is 6.83. The van der Waals surface area contributed by atoms with E-state index in [-0.39, 0.29) is 34.1 Å². The van der Waals surface area contributed by atoms with E-state index in [9.17, 15) is 29.9 Å². The number of phenols is 2. The molecular formula is C23H15NO6. The van der Waals surface area contributed by atoms with Crippen LogP contribution >= 0.6 is 0 Å². The van der Waals surface area contributed by atoms with E-state index in [0.717, 1.165) is 0 Å². The Morgan fingerprint density at radius 1 is 0.900 bits per heavy atom. The van der Waals surface area contributed by atoms with Gasteiger partial charge in [-0.25, -0.2) is 0 Å². The molecule has 0 amide bonds. The fraction of sp³-hybridized carbons (Fsp3) is 0.0435. The second-order valence-electron chi connectivity index (χ2n) is 6.83. The van der Waals surface area contributed by atoms with Gasteiger partial charge in [-0.3, -0.25) is 19.7 Å². The van der Waals surface area contributed by atoms with Crippen LogP contribution in [0.25, 0.3) is 6.08 Å². The van der Waals surface area contributed by atoms with Crippen LogP contribution in [0.5, 0.6) is 11.5 Å². The highest BCUT2D eigenvalue weighted by molar-refractivity contribution is 6.19. The summed E-state index contributed by atoms with van der Waals surface area (Å²) in [6, 6.07) is 14.7. The highest BCUT2D eigenvalue weighted by Gasteiger charge is 2.37. The average molecular weight is 401 g/mol. The van der Waals surface area contributed by atoms with Crippen molar-refractivity contribution in [1.29, 1.82) is 0 Å². The number of non-ortho nitro benzene ring substituents is 1. The van der Waals surface area contributed by atoms with Crippen LogP contribution in [-0.4, -0.2) is 26.7 Å². The van der Waals surface area contributed by atoms with Gasteiger partial charge in [-0.2, -0.15) is 0 Å². The molecule has 7 nitrogen and oxygen atoms in total. The number of carbonyl (C=O) groups is 2. The number of carbonyl (C=O) groups excluding carboxylic acids is 2. The molecule has 0 aliphatic heterocycles. The van der Waals surface area contributed by atoms with Crippen molar-refractivity contribution < 1.29 is 24.7 Å². The van der Waals surface area contributed by atoms with Gasteiger partial charge >= 0.3 is 0 Å². The first-order valence-electron chi connectivity index (χ1n) is 9.03. The lowest BCUT2D eigenvalue weighted by Gasteiger charge is -2.26. The molecule has 0 bridgehead atoms. The molecule has 0 unspecified atom stereocenters. The molecule has 4 rings (SSSR count). The molecular weight excluding hydrogens is 386 g/mol. The molecule has 0 saturated carbocycles. The van der Waals surface area contributed by atoms with E-state index in [4.69, 9.17) is 0 Å². The van der Waals surface area contributed by atoms with Crippen LogP contribution in [0.2, 0.25) is 0 Å². The summed E-state index contributed by atoms with van der Waals surface area (Å²) in [5.74, 6) is -2.31. The Morgan fingerprint density at radius 3 is 1.93 bits per heavy atom. The fourth-order valence-electron chi connectivity index (χ4n) is 3.67. The predicted octanol–water partition coefficient (Wildman–Crippen LogP) is 3.96. The lowest BCUT2D eigenvalue weighted by Crippen LogP contribution is -2.24. The predicted molar refractivity (Wildman–Crippen MR) is 109 cm³/mol. The van der Waals surface area contributed by atoms with Gasteiger partial charge < -0.3 is 10.2 Å². The van der Waals surface area contributed by atoms with Crippen molar-refractivity contribution in [1.82, 2.24) is 0 Å². The van der Waals surface area contributed by atoms with Crippen LogP contribution in [0.4, 0.5) is 5.69 Å². The fourth-order valence-corrected chi connectivity index (χ4v) is 3.67. The molecule has 0 saturated heterocycles. The summed E-state index contributed by atoms with van der Waals surface area (Å²) >= 11 is 0. The SMILES string of the molecule is O=C1c2c(O)cccc2C(C(=O)/C=C/c2ccc([N+](=O)[O-])cc2)c2cccc(O)c21. The first-order valence-corrected chi connectivity index (χ1v) is 9.03. The van der Waals surface area contributed by atoms with Crippen molar-refractivity contribution in [3.05, 3.63) is 105 Å². The molecule has 0 heterocycles. The zero-order valence-electron chi connectivity index (χ0n) is 15.5. The van der Waals surface area contributed by atoms with Crippen molar-refractivity contribution in [2.24, 2.45) is 0 Å². The summed E-state index contributed by atoms with van der Waals surface area (Å²) in [6.45, 7) is 0. The summed E-state index contributed by atoms with van der Waals surface area (Å²) in [5.41, 5.74) is 1.24. The summed E-state index contributed by atoms with van der Waals surface area (Å²) in [6.07, 6.45) is 2.84. The van der Waals surface area contributed by atoms with Crippen molar-refractivity contribution in [2.75, 3.05) is 0 Å². The van der Waals surface area contributed by atoms with Crippen LogP contribution < -0.4 is 0 Å². The number of allylic oxidation sites excluding steroid dienone is 1. The van der Waals surface area contributed by atoms with E-state index < -0.39 is 16.6 Å².